The summed E-state index contributed by atoms with van der Waals surface area (Å²) in [5.41, 5.74) is 0.741. The van der Waals surface area contributed by atoms with E-state index in [4.69, 9.17) is 9.47 Å². The monoisotopic (exact) mass is 746 g/mol. The molecule has 7 rings (SSSR count). The van der Waals surface area contributed by atoms with Gasteiger partial charge in [-0.25, -0.2) is 4.68 Å². The molecule has 3 amide bonds. The predicted octanol–water partition coefficient (Wildman–Crippen LogP) is 3.00. The second-order valence-corrected chi connectivity index (χ2v) is 14.0. The maximum Gasteiger partial charge on any atom is 0.306 e. The number of hydrogen-bond donors (Lipinski definition) is 2. The maximum atomic E-state index is 15.0. The topological polar surface area (TPSA) is 156 Å². The van der Waals surface area contributed by atoms with Crippen molar-refractivity contribution in [1.82, 2.24) is 30.1 Å². The number of aromatic nitrogens is 3. The molecule has 2 aromatic carbocycles. The number of unbranched alkanes of at least 4 members (excludes halogenated alkanes) is 2. The first-order valence-corrected chi connectivity index (χ1v) is 17.8. The molecule has 3 aromatic rings. The Kier molecular flexibility index (Phi) is 9.84. The maximum absolute atomic E-state index is 15.0. The Labute approximate surface area is 297 Å². The average Bonchev–Trinajstić information content (AvgIpc) is 3.84. The van der Waals surface area contributed by atoms with Crippen molar-refractivity contribution in [2.75, 3.05) is 26.3 Å². The van der Waals surface area contributed by atoms with Gasteiger partial charge in [0.1, 0.15) is 36.5 Å². The van der Waals surface area contributed by atoms with E-state index >= 15 is 4.79 Å². The summed E-state index contributed by atoms with van der Waals surface area (Å²) in [5, 5.41) is 21.0. The predicted molar refractivity (Wildman–Crippen MR) is 184 cm³/mol. The average molecular weight is 748 g/mol. The number of fused-ring (bicyclic) bond motifs is 3. The Bertz CT molecular complexity index is 1830. The normalized spacial score (nSPS) is 29.2. The molecule has 0 aliphatic carbocycles. The zero-order valence-electron chi connectivity index (χ0n) is 27.4. The number of aliphatic hydroxyl groups is 1. The summed E-state index contributed by atoms with van der Waals surface area (Å²) in [5.74, 6) is -3.48. The molecule has 2 saturated heterocycles. The number of rotatable bonds is 8. The molecule has 5 bridgehead atoms. The van der Waals surface area contributed by atoms with Crippen LogP contribution in [0.1, 0.15) is 43.7 Å². The Morgan fingerprint density at radius 3 is 2.60 bits per heavy atom. The number of aliphatic hydroxyl groups excluding tert-OH is 1. The molecule has 5 heterocycles. The second-order valence-electron chi connectivity index (χ2n) is 13.1. The van der Waals surface area contributed by atoms with Gasteiger partial charge in [0.2, 0.25) is 11.8 Å². The van der Waals surface area contributed by atoms with Gasteiger partial charge in [-0.05, 0) is 49.5 Å². The standard InChI is InChI=1S/C36H39BrN6O7/c37-24-20-36-30-29(31(24)50-36)33(46)38-26(23-12-4-1-5-13-23)21-49-28(45)16-6-2-9-17-41(22-43-27-15-8-7-14-25(27)39-40-43)35(48)32(36)42(34(30)47)18-10-3-11-19-44/h1-2,4-5,7-9,12-15,20,26,29-32,44H,3,6,10-11,16-19,21-22H2,(H,38,46)/b9-2-/t26-,29-,30+,31-,32-,36+/m0/s1. The van der Waals surface area contributed by atoms with Gasteiger partial charge < -0.3 is 29.7 Å². The molecule has 0 radical (unpaired) electrons. The van der Waals surface area contributed by atoms with E-state index in [0.717, 1.165) is 11.1 Å². The first-order chi connectivity index (χ1) is 24.3. The van der Waals surface area contributed by atoms with Gasteiger partial charge in [-0.3, -0.25) is 19.2 Å². The lowest BCUT2D eigenvalue weighted by atomic mass is 9.74. The van der Waals surface area contributed by atoms with Crippen molar-refractivity contribution in [3.63, 3.8) is 0 Å². The third kappa shape index (κ3) is 6.24. The molecular weight excluding hydrogens is 708 g/mol. The van der Waals surface area contributed by atoms with Crippen LogP contribution in [0, 0.1) is 11.8 Å². The summed E-state index contributed by atoms with van der Waals surface area (Å²) in [6, 6.07) is 14.9. The summed E-state index contributed by atoms with van der Waals surface area (Å²) in [4.78, 5) is 59.9. The van der Waals surface area contributed by atoms with Crippen LogP contribution in [0.2, 0.25) is 0 Å². The number of ether oxygens (including phenoxy) is 2. The lowest BCUT2D eigenvalue weighted by molar-refractivity contribution is -0.149. The van der Waals surface area contributed by atoms with Crippen molar-refractivity contribution < 1.29 is 33.8 Å². The summed E-state index contributed by atoms with van der Waals surface area (Å²) in [6.45, 7) is 0.372. The highest BCUT2D eigenvalue weighted by molar-refractivity contribution is 9.11. The van der Waals surface area contributed by atoms with Gasteiger partial charge in [-0.1, -0.05) is 75.8 Å². The number of benzene rings is 2. The van der Waals surface area contributed by atoms with Crippen molar-refractivity contribution in [2.45, 2.75) is 62.6 Å². The van der Waals surface area contributed by atoms with Crippen LogP contribution in [0.5, 0.6) is 0 Å². The van der Waals surface area contributed by atoms with E-state index in [0.29, 0.717) is 35.7 Å². The molecule has 14 heteroatoms. The van der Waals surface area contributed by atoms with Gasteiger partial charge in [-0.2, -0.15) is 0 Å². The van der Waals surface area contributed by atoms with Gasteiger partial charge in [0.15, 0.2) is 0 Å². The molecule has 1 aromatic heterocycles. The van der Waals surface area contributed by atoms with Crippen LogP contribution >= 0.6 is 15.9 Å². The number of carbonyl (C=O) groups excluding carboxylic acids is 4. The molecule has 0 unspecified atom stereocenters. The largest absolute Gasteiger partial charge is 0.463 e. The number of likely N-dealkylation sites (tertiary alicyclic amines) is 1. The molecule has 6 atom stereocenters. The third-order valence-electron chi connectivity index (χ3n) is 9.99. The molecule has 0 saturated carbocycles. The highest BCUT2D eigenvalue weighted by Crippen LogP contribution is 2.58. The number of carbonyl (C=O) groups is 4. The molecule has 4 aliphatic heterocycles. The van der Waals surface area contributed by atoms with E-state index in [1.54, 1.807) is 20.6 Å². The minimum Gasteiger partial charge on any atom is -0.463 e. The van der Waals surface area contributed by atoms with Crippen LogP contribution in [0.3, 0.4) is 0 Å². The lowest BCUT2D eigenvalue weighted by Gasteiger charge is -2.35. The fraction of sp³-hybridized carbons (Fsp3) is 0.444. The minimum atomic E-state index is -1.41. The number of nitrogens with one attached hydrogen (secondary N) is 1. The molecule has 1 spiro atoms. The number of halogens is 1. The molecule has 262 valence electrons. The van der Waals surface area contributed by atoms with Gasteiger partial charge in [0.25, 0.3) is 5.91 Å². The Hall–Kier alpha value is -4.40. The van der Waals surface area contributed by atoms with E-state index in [9.17, 15) is 19.5 Å². The van der Waals surface area contributed by atoms with Gasteiger partial charge >= 0.3 is 5.97 Å². The van der Waals surface area contributed by atoms with E-state index in [2.05, 4.69) is 31.6 Å². The highest BCUT2D eigenvalue weighted by atomic mass is 79.9. The molecule has 50 heavy (non-hydrogen) atoms. The number of para-hydroxylation sites is 1. The highest BCUT2D eigenvalue weighted by Gasteiger charge is 2.74. The van der Waals surface area contributed by atoms with Crippen molar-refractivity contribution in [3.05, 3.63) is 82.9 Å². The van der Waals surface area contributed by atoms with E-state index in [-0.39, 0.29) is 51.2 Å². The third-order valence-corrected chi connectivity index (χ3v) is 10.7. The fourth-order valence-electron chi connectivity index (χ4n) is 7.62. The second kappa shape index (κ2) is 14.4. The number of esters is 1. The number of amides is 3. The molecule has 2 fully saturated rings. The first kappa shape index (κ1) is 34.1. The zero-order chi connectivity index (χ0) is 34.8. The number of hydrogen-bond acceptors (Lipinski definition) is 9. The Morgan fingerprint density at radius 1 is 0.980 bits per heavy atom. The van der Waals surface area contributed by atoms with Crippen molar-refractivity contribution in [3.8, 4) is 0 Å². The minimum absolute atomic E-state index is 0.0233. The van der Waals surface area contributed by atoms with Crippen LogP contribution in [-0.2, 0) is 35.3 Å². The SMILES string of the molecule is O=C1CC/C=C\CN(Cn2nnc3ccccc32)C(=O)[C@@H]2N(CCCCCO)C(=O)[C@H]3[C@H](C(=O)N[C@H](c4ccccc4)CO1)[C@H]1O[C@@]23C=C1Br. The molecule has 13 nitrogen and oxygen atoms in total. The number of allylic oxidation sites excluding steroid dienone is 1. The van der Waals surface area contributed by atoms with Crippen LogP contribution in [-0.4, -0.2) is 97.6 Å². The summed E-state index contributed by atoms with van der Waals surface area (Å²) < 4.78 is 14.5. The van der Waals surface area contributed by atoms with Crippen LogP contribution in [0.15, 0.2) is 77.3 Å². The van der Waals surface area contributed by atoms with Gasteiger partial charge in [-0.15, -0.1) is 5.10 Å². The summed E-state index contributed by atoms with van der Waals surface area (Å²) >= 11 is 3.62. The van der Waals surface area contributed by atoms with Crippen LogP contribution in [0.25, 0.3) is 11.0 Å². The smallest absolute Gasteiger partial charge is 0.306 e. The Balaban J connectivity index is 1.29. The summed E-state index contributed by atoms with van der Waals surface area (Å²) in [6.07, 6.45) is 6.92. The zero-order valence-corrected chi connectivity index (χ0v) is 29.0. The number of cyclic esters (lactones) is 1. The van der Waals surface area contributed by atoms with Crippen molar-refractivity contribution in [1.29, 1.82) is 0 Å². The first-order valence-electron chi connectivity index (χ1n) is 17.0. The van der Waals surface area contributed by atoms with Crippen molar-refractivity contribution >= 4 is 50.7 Å². The fourth-order valence-corrected chi connectivity index (χ4v) is 8.36. The Morgan fingerprint density at radius 2 is 1.78 bits per heavy atom. The summed E-state index contributed by atoms with van der Waals surface area (Å²) in [7, 11) is 0. The van der Waals surface area contributed by atoms with Crippen LogP contribution in [0.4, 0.5) is 0 Å². The quantitative estimate of drug-likeness (QED) is 0.201. The molecular formula is C36H39BrN6O7. The molecule has 2 N–H and O–H groups in total. The van der Waals surface area contributed by atoms with E-state index < -0.39 is 47.5 Å². The molecule has 4 aliphatic rings. The number of nitrogens with zero attached hydrogens (tertiary/aromatic N) is 5. The van der Waals surface area contributed by atoms with E-state index in [1.807, 2.05) is 66.7 Å². The van der Waals surface area contributed by atoms with Crippen LogP contribution < -0.4 is 5.32 Å². The van der Waals surface area contributed by atoms with Gasteiger partial charge in [0.05, 0.1) is 23.4 Å². The van der Waals surface area contributed by atoms with Crippen molar-refractivity contribution in [2.24, 2.45) is 11.8 Å². The van der Waals surface area contributed by atoms with Gasteiger partial charge in [0, 0.05) is 30.6 Å². The lowest BCUT2D eigenvalue weighted by Crippen LogP contribution is -2.56. The van der Waals surface area contributed by atoms with E-state index in [1.165, 1.54) is 0 Å².